The summed E-state index contributed by atoms with van der Waals surface area (Å²) in [7, 11) is -1.66. The van der Waals surface area contributed by atoms with Gasteiger partial charge in [0, 0.05) is 44.9 Å². The fourth-order valence-electron chi connectivity index (χ4n) is 5.28. The number of aryl methyl sites for hydroxylation is 1. The Hall–Kier alpha value is -3.43. The molecule has 3 N–H and O–H groups in total. The van der Waals surface area contributed by atoms with Crippen molar-refractivity contribution in [1.82, 2.24) is 10.2 Å². The molecule has 0 saturated carbocycles. The Morgan fingerprint density at radius 2 is 1.58 bits per heavy atom. The van der Waals surface area contributed by atoms with Gasteiger partial charge < -0.3 is 34.5 Å². The van der Waals surface area contributed by atoms with E-state index in [-0.39, 0.29) is 24.6 Å². The lowest BCUT2D eigenvalue weighted by Crippen LogP contribution is -2.52. The van der Waals surface area contributed by atoms with Crippen molar-refractivity contribution in [1.29, 1.82) is 5.26 Å². The van der Waals surface area contributed by atoms with E-state index in [1.807, 2.05) is 66.4 Å². The zero-order valence-corrected chi connectivity index (χ0v) is 25.2. The molecule has 10 nitrogen and oxygen atoms in total. The highest BCUT2D eigenvalue weighted by Gasteiger charge is 2.35. The van der Waals surface area contributed by atoms with Crippen molar-refractivity contribution in [2.75, 3.05) is 33.0 Å². The van der Waals surface area contributed by atoms with E-state index in [0.717, 1.165) is 42.4 Å². The molecule has 2 amide bonds. The summed E-state index contributed by atoms with van der Waals surface area (Å²) in [6.07, 6.45) is 3.77. The number of nitriles is 1. The molecule has 2 atom stereocenters. The van der Waals surface area contributed by atoms with Crippen molar-refractivity contribution in [3.8, 4) is 6.07 Å². The molecule has 2 saturated heterocycles. The SMILES string of the molecule is CC(C#N)C(=O)N(C1CCOCC1)C1CCOCC1.Cc1cccc(CCOC(=O)NC(Cc2ccccc2)B(O)O)c1. The minimum Gasteiger partial charge on any atom is -0.449 e. The maximum Gasteiger partial charge on any atom is 0.475 e. The third-order valence-corrected chi connectivity index (χ3v) is 7.65. The summed E-state index contributed by atoms with van der Waals surface area (Å²) in [5.41, 5.74) is 3.14. The number of nitrogens with zero attached hydrogens (tertiary/aromatic N) is 2. The highest BCUT2D eigenvalue weighted by molar-refractivity contribution is 6.43. The summed E-state index contributed by atoms with van der Waals surface area (Å²) in [5, 5.41) is 30.4. The largest absolute Gasteiger partial charge is 0.475 e. The first-order valence-corrected chi connectivity index (χ1v) is 15.0. The first kappa shape index (κ1) is 34.1. The van der Waals surface area contributed by atoms with E-state index in [9.17, 15) is 19.6 Å². The summed E-state index contributed by atoms with van der Waals surface area (Å²) in [6, 6.07) is 19.8. The number of carbonyl (C=O) groups excluding carboxylic acids is 2. The van der Waals surface area contributed by atoms with Crippen molar-refractivity contribution in [2.45, 2.75) is 70.4 Å². The van der Waals surface area contributed by atoms with Gasteiger partial charge in [-0.3, -0.25) is 4.79 Å². The lowest BCUT2D eigenvalue weighted by Gasteiger charge is -2.42. The molecule has 0 aromatic heterocycles. The number of amides is 2. The fourth-order valence-corrected chi connectivity index (χ4v) is 5.28. The quantitative estimate of drug-likeness (QED) is 0.357. The van der Waals surface area contributed by atoms with Gasteiger partial charge in [0.05, 0.1) is 18.6 Å². The van der Waals surface area contributed by atoms with E-state index in [2.05, 4.69) is 11.4 Å². The Labute approximate surface area is 255 Å². The minimum atomic E-state index is -1.66. The average Bonchev–Trinajstić information content (AvgIpc) is 3.02. The Morgan fingerprint density at radius 3 is 2.12 bits per heavy atom. The topological polar surface area (TPSA) is 141 Å². The maximum atomic E-state index is 12.5. The van der Waals surface area contributed by atoms with Crippen LogP contribution in [0.3, 0.4) is 0 Å². The van der Waals surface area contributed by atoms with Gasteiger partial charge >= 0.3 is 13.2 Å². The van der Waals surface area contributed by atoms with Crippen LogP contribution < -0.4 is 5.32 Å². The molecule has 4 rings (SSSR count). The van der Waals surface area contributed by atoms with Crippen molar-refractivity contribution in [3.05, 3.63) is 71.3 Å². The molecule has 2 aromatic carbocycles. The van der Waals surface area contributed by atoms with Gasteiger partial charge in [0.2, 0.25) is 5.91 Å². The molecule has 43 heavy (non-hydrogen) atoms. The van der Waals surface area contributed by atoms with Gasteiger partial charge in [-0.05, 0) is 57.1 Å². The van der Waals surface area contributed by atoms with E-state index >= 15 is 0 Å². The number of hydrogen-bond acceptors (Lipinski definition) is 8. The van der Waals surface area contributed by atoms with E-state index in [0.29, 0.717) is 39.3 Å². The normalized spacial score (nSPS) is 16.9. The molecule has 0 spiro atoms. The van der Waals surface area contributed by atoms with E-state index < -0.39 is 25.1 Å². The van der Waals surface area contributed by atoms with Gasteiger partial charge in [-0.2, -0.15) is 5.26 Å². The van der Waals surface area contributed by atoms with Crippen LogP contribution in [0.4, 0.5) is 4.79 Å². The molecule has 232 valence electrons. The number of nitrogens with one attached hydrogen (secondary N) is 1. The second-order valence-electron chi connectivity index (χ2n) is 11.0. The second-order valence-corrected chi connectivity index (χ2v) is 11.0. The number of alkyl carbamates (subject to hydrolysis) is 1. The Balaban J connectivity index is 0.000000242. The lowest BCUT2D eigenvalue weighted by molar-refractivity contribution is -0.143. The standard InChI is InChI=1S/C18H22BNO4.C14H22N2O3/c1-14-6-5-9-16(12-14)10-11-24-18(21)20-17(19(22)23)13-15-7-3-2-4-8-15;1-11(10-15)14(17)16(12-2-6-18-7-3-12)13-4-8-19-9-5-13/h2-9,12,17,22-23H,10-11,13H2,1H3,(H,20,21);11-13H,2-9H2,1H3. The average molecular weight is 594 g/mol. The van der Waals surface area contributed by atoms with Crippen LogP contribution in [-0.4, -0.2) is 85.1 Å². The first-order chi connectivity index (χ1) is 20.8. The predicted octanol–water partition coefficient (Wildman–Crippen LogP) is 3.22. The zero-order chi connectivity index (χ0) is 31.0. The van der Waals surface area contributed by atoms with Gasteiger partial charge in [0.15, 0.2) is 0 Å². The number of ether oxygens (including phenoxy) is 3. The summed E-state index contributed by atoms with van der Waals surface area (Å²) in [4.78, 5) is 26.3. The van der Waals surface area contributed by atoms with Crippen LogP contribution in [0, 0.1) is 24.2 Å². The predicted molar refractivity (Wildman–Crippen MR) is 163 cm³/mol. The molecule has 2 aliphatic heterocycles. The highest BCUT2D eigenvalue weighted by atomic mass is 16.5. The van der Waals surface area contributed by atoms with Crippen LogP contribution in [0.5, 0.6) is 0 Å². The third kappa shape index (κ3) is 11.6. The Kier molecular flexibility index (Phi) is 14.5. The van der Waals surface area contributed by atoms with Crippen LogP contribution in [0.1, 0.15) is 49.3 Å². The first-order valence-electron chi connectivity index (χ1n) is 15.0. The summed E-state index contributed by atoms with van der Waals surface area (Å²) in [6.45, 7) is 6.76. The molecule has 2 unspecified atom stereocenters. The van der Waals surface area contributed by atoms with Crippen molar-refractivity contribution in [3.63, 3.8) is 0 Å². The minimum absolute atomic E-state index is 0.0266. The van der Waals surface area contributed by atoms with Gasteiger partial charge in [0.25, 0.3) is 0 Å². The van der Waals surface area contributed by atoms with Crippen LogP contribution >= 0.6 is 0 Å². The maximum absolute atomic E-state index is 12.5. The van der Waals surface area contributed by atoms with E-state index in [4.69, 9.17) is 19.5 Å². The van der Waals surface area contributed by atoms with Gasteiger partial charge in [-0.1, -0.05) is 60.2 Å². The van der Waals surface area contributed by atoms with E-state index in [1.165, 1.54) is 0 Å². The molecule has 2 aliphatic rings. The van der Waals surface area contributed by atoms with E-state index in [1.54, 1.807) is 6.92 Å². The number of benzene rings is 2. The fraction of sp³-hybridized carbons (Fsp3) is 0.531. The van der Waals surface area contributed by atoms with Gasteiger partial charge in [0.1, 0.15) is 5.92 Å². The monoisotopic (exact) mass is 593 g/mol. The molecule has 0 radical (unpaired) electrons. The molecule has 11 heteroatoms. The molecule has 0 bridgehead atoms. The number of hydrogen-bond donors (Lipinski definition) is 3. The molecule has 2 heterocycles. The Bertz CT molecular complexity index is 1150. The van der Waals surface area contributed by atoms with Crippen molar-refractivity contribution < 1.29 is 33.8 Å². The smallest absolute Gasteiger partial charge is 0.449 e. The highest BCUT2D eigenvalue weighted by Crippen LogP contribution is 2.25. The van der Waals surface area contributed by atoms with Crippen LogP contribution in [0.2, 0.25) is 0 Å². The van der Waals surface area contributed by atoms with Crippen molar-refractivity contribution in [2.24, 2.45) is 5.92 Å². The molecular formula is C32H44BN3O7. The summed E-state index contributed by atoms with van der Waals surface area (Å²) < 4.78 is 15.9. The van der Waals surface area contributed by atoms with Crippen molar-refractivity contribution >= 4 is 19.1 Å². The molecule has 2 aromatic rings. The van der Waals surface area contributed by atoms with Gasteiger partial charge in [-0.25, -0.2) is 4.79 Å². The number of rotatable bonds is 10. The van der Waals surface area contributed by atoms with Crippen LogP contribution in [0.15, 0.2) is 54.6 Å². The molecular weight excluding hydrogens is 549 g/mol. The second kappa shape index (κ2) is 18.3. The van der Waals surface area contributed by atoms with Crippen LogP contribution in [0.25, 0.3) is 0 Å². The third-order valence-electron chi connectivity index (χ3n) is 7.65. The van der Waals surface area contributed by atoms with Gasteiger partial charge in [-0.15, -0.1) is 0 Å². The number of carbonyl (C=O) groups is 2. The molecule has 2 fully saturated rings. The summed E-state index contributed by atoms with van der Waals surface area (Å²) >= 11 is 0. The lowest BCUT2D eigenvalue weighted by atomic mass is 9.76. The summed E-state index contributed by atoms with van der Waals surface area (Å²) in [5.74, 6) is -1.41. The Morgan fingerprint density at radius 1 is 1.00 bits per heavy atom. The zero-order valence-electron chi connectivity index (χ0n) is 25.2. The van der Waals surface area contributed by atoms with Crippen LogP contribution in [-0.2, 0) is 31.8 Å². The molecule has 0 aliphatic carbocycles.